The summed E-state index contributed by atoms with van der Waals surface area (Å²) in [5.41, 5.74) is 1.10. The van der Waals surface area contributed by atoms with Crippen molar-refractivity contribution in [3.8, 4) is 5.75 Å². The summed E-state index contributed by atoms with van der Waals surface area (Å²) in [4.78, 5) is 5.08. The SMILES string of the molecule is CN=C(NCc1ccc(S(N)(=O)=O)s1)NC(C)c1ccc(OCC(C)C)cc1. The van der Waals surface area contributed by atoms with E-state index in [1.807, 2.05) is 31.2 Å². The van der Waals surface area contributed by atoms with Crippen molar-refractivity contribution in [2.45, 2.75) is 37.6 Å². The third kappa shape index (κ3) is 6.81. The van der Waals surface area contributed by atoms with Gasteiger partial charge in [0.15, 0.2) is 5.96 Å². The fraction of sp³-hybridized carbons (Fsp3) is 0.421. The number of hydrogen-bond donors (Lipinski definition) is 3. The first-order chi connectivity index (χ1) is 13.2. The van der Waals surface area contributed by atoms with Gasteiger partial charge in [0, 0.05) is 11.9 Å². The highest BCUT2D eigenvalue weighted by atomic mass is 32.2. The molecule has 4 N–H and O–H groups in total. The molecule has 0 radical (unpaired) electrons. The highest BCUT2D eigenvalue weighted by Gasteiger charge is 2.12. The quantitative estimate of drug-likeness (QED) is 0.446. The zero-order valence-corrected chi connectivity index (χ0v) is 18.2. The molecule has 28 heavy (non-hydrogen) atoms. The van der Waals surface area contributed by atoms with Crippen molar-refractivity contribution in [3.05, 3.63) is 46.8 Å². The minimum absolute atomic E-state index is 0.0358. The molecule has 0 bridgehead atoms. The number of benzene rings is 1. The number of nitrogens with one attached hydrogen (secondary N) is 2. The Kier molecular flexibility index (Phi) is 7.85. The van der Waals surface area contributed by atoms with Crippen molar-refractivity contribution in [1.29, 1.82) is 0 Å². The molecule has 154 valence electrons. The molecule has 1 heterocycles. The summed E-state index contributed by atoms with van der Waals surface area (Å²) in [5, 5.41) is 11.6. The van der Waals surface area contributed by atoms with Crippen LogP contribution in [0.3, 0.4) is 0 Å². The maximum absolute atomic E-state index is 11.4. The number of primary sulfonamides is 1. The van der Waals surface area contributed by atoms with Gasteiger partial charge in [-0.05, 0) is 42.7 Å². The molecule has 2 aromatic rings. The van der Waals surface area contributed by atoms with E-state index in [0.717, 1.165) is 27.5 Å². The minimum atomic E-state index is -3.66. The van der Waals surface area contributed by atoms with E-state index in [2.05, 4.69) is 29.5 Å². The molecule has 0 aliphatic heterocycles. The summed E-state index contributed by atoms with van der Waals surface area (Å²) in [7, 11) is -1.97. The lowest BCUT2D eigenvalue weighted by Crippen LogP contribution is -2.38. The topological polar surface area (TPSA) is 106 Å². The maximum atomic E-state index is 11.4. The van der Waals surface area contributed by atoms with Gasteiger partial charge in [-0.3, -0.25) is 4.99 Å². The Morgan fingerprint density at radius 2 is 1.86 bits per heavy atom. The molecular formula is C19H28N4O3S2. The minimum Gasteiger partial charge on any atom is -0.493 e. The van der Waals surface area contributed by atoms with Crippen molar-refractivity contribution in [2.75, 3.05) is 13.7 Å². The molecular weight excluding hydrogens is 396 g/mol. The van der Waals surface area contributed by atoms with Gasteiger partial charge in [0.25, 0.3) is 0 Å². The van der Waals surface area contributed by atoms with Gasteiger partial charge >= 0.3 is 0 Å². The van der Waals surface area contributed by atoms with Gasteiger partial charge < -0.3 is 15.4 Å². The van der Waals surface area contributed by atoms with Crippen LogP contribution < -0.4 is 20.5 Å². The van der Waals surface area contributed by atoms with Gasteiger partial charge in [0.1, 0.15) is 9.96 Å². The van der Waals surface area contributed by atoms with E-state index < -0.39 is 10.0 Å². The van der Waals surface area contributed by atoms with Gasteiger partial charge in [-0.25, -0.2) is 13.6 Å². The van der Waals surface area contributed by atoms with Crippen LogP contribution >= 0.6 is 11.3 Å². The molecule has 1 aromatic carbocycles. The second-order valence-electron chi connectivity index (χ2n) is 6.83. The third-order valence-electron chi connectivity index (χ3n) is 3.89. The Hall–Kier alpha value is -2.10. The number of guanidine groups is 1. The van der Waals surface area contributed by atoms with Crippen molar-refractivity contribution in [1.82, 2.24) is 10.6 Å². The third-order valence-corrected chi connectivity index (χ3v) is 6.41. The fourth-order valence-electron chi connectivity index (χ4n) is 2.38. The number of nitrogens with zero attached hydrogens (tertiary/aromatic N) is 1. The molecule has 7 nitrogen and oxygen atoms in total. The van der Waals surface area contributed by atoms with E-state index >= 15 is 0 Å². The lowest BCUT2D eigenvalue weighted by atomic mass is 10.1. The monoisotopic (exact) mass is 424 g/mol. The molecule has 0 aliphatic rings. The molecule has 2 rings (SSSR count). The van der Waals surface area contributed by atoms with Crippen molar-refractivity contribution < 1.29 is 13.2 Å². The Balaban J connectivity index is 1.90. The number of rotatable bonds is 8. The molecule has 1 atom stereocenters. The van der Waals surface area contributed by atoms with Crippen LogP contribution in [-0.2, 0) is 16.6 Å². The second-order valence-corrected chi connectivity index (χ2v) is 9.79. The first-order valence-corrected chi connectivity index (χ1v) is 11.4. The lowest BCUT2D eigenvalue weighted by Gasteiger charge is -2.18. The van der Waals surface area contributed by atoms with Crippen LogP contribution in [0.4, 0.5) is 0 Å². The van der Waals surface area contributed by atoms with E-state index in [4.69, 9.17) is 9.88 Å². The standard InChI is InChI=1S/C19H28N4O3S2/c1-13(2)12-26-16-7-5-15(6-8-16)14(3)23-19(21-4)22-11-17-9-10-18(27-17)28(20,24)25/h5-10,13-14H,11-12H2,1-4H3,(H2,20,24,25)(H2,21,22,23). The van der Waals surface area contributed by atoms with Gasteiger partial charge in [-0.2, -0.15) is 0 Å². The highest BCUT2D eigenvalue weighted by molar-refractivity contribution is 7.91. The number of nitrogens with two attached hydrogens (primary N) is 1. The Bertz CT molecular complexity index is 890. The number of hydrogen-bond acceptors (Lipinski definition) is 5. The molecule has 9 heteroatoms. The van der Waals surface area contributed by atoms with Crippen molar-refractivity contribution in [3.63, 3.8) is 0 Å². The number of thiophene rings is 1. The largest absolute Gasteiger partial charge is 0.493 e. The van der Waals surface area contributed by atoms with Gasteiger partial charge in [-0.15, -0.1) is 11.3 Å². The first kappa shape index (κ1) is 22.2. The molecule has 1 unspecified atom stereocenters. The summed E-state index contributed by atoms with van der Waals surface area (Å²) >= 11 is 1.14. The fourth-order valence-corrected chi connectivity index (χ4v) is 4.09. The van der Waals surface area contributed by atoms with Gasteiger partial charge in [-0.1, -0.05) is 26.0 Å². The number of aliphatic imine (C=N–C) groups is 1. The van der Waals surface area contributed by atoms with Crippen LogP contribution in [0.15, 0.2) is 45.6 Å². The molecule has 0 saturated heterocycles. The second kappa shape index (κ2) is 9.90. The molecule has 0 aliphatic carbocycles. The van der Waals surface area contributed by atoms with Crippen molar-refractivity contribution in [2.24, 2.45) is 16.0 Å². The Morgan fingerprint density at radius 1 is 1.18 bits per heavy atom. The summed E-state index contributed by atoms with van der Waals surface area (Å²) in [6.07, 6.45) is 0. The van der Waals surface area contributed by atoms with Crippen LogP contribution in [0, 0.1) is 5.92 Å². The summed E-state index contributed by atoms with van der Waals surface area (Å²) < 4.78 is 28.6. The van der Waals surface area contributed by atoms with Crippen molar-refractivity contribution >= 4 is 27.3 Å². The van der Waals surface area contributed by atoms with E-state index in [-0.39, 0.29) is 10.3 Å². The maximum Gasteiger partial charge on any atom is 0.247 e. The molecule has 0 spiro atoms. The highest BCUT2D eigenvalue weighted by Crippen LogP contribution is 2.20. The smallest absolute Gasteiger partial charge is 0.247 e. The number of sulfonamides is 1. The van der Waals surface area contributed by atoms with Gasteiger partial charge in [0.2, 0.25) is 10.0 Å². The lowest BCUT2D eigenvalue weighted by molar-refractivity contribution is 0.271. The number of ether oxygens (including phenoxy) is 1. The van der Waals surface area contributed by atoms with E-state index in [0.29, 0.717) is 25.0 Å². The first-order valence-electron chi connectivity index (χ1n) is 9.00. The van der Waals surface area contributed by atoms with Crippen LogP contribution in [0.2, 0.25) is 0 Å². The Labute approximate surface area is 171 Å². The van der Waals surface area contributed by atoms with E-state index in [1.165, 1.54) is 6.07 Å². The zero-order valence-electron chi connectivity index (χ0n) is 16.6. The average molecular weight is 425 g/mol. The van der Waals surface area contributed by atoms with Crippen LogP contribution in [0.25, 0.3) is 0 Å². The molecule has 0 saturated carbocycles. The summed E-state index contributed by atoms with van der Waals surface area (Å²) in [6, 6.07) is 11.3. The Morgan fingerprint density at radius 3 is 2.39 bits per heavy atom. The van der Waals surface area contributed by atoms with E-state index in [9.17, 15) is 8.42 Å². The molecule has 1 aromatic heterocycles. The molecule has 0 amide bonds. The van der Waals surface area contributed by atoms with Crippen LogP contribution in [0.1, 0.15) is 37.3 Å². The normalized spacial score (nSPS) is 13.4. The summed E-state index contributed by atoms with van der Waals surface area (Å²) in [5.74, 6) is 1.97. The summed E-state index contributed by atoms with van der Waals surface area (Å²) in [6.45, 7) is 7.42. The predicted octanol–water partition coefficient (Wildman–Crippen LogP) is 2.86. The molecule has 0 fully saturated rings. The van der Waals surface area contributed by atoms with E-state index in [1.54, 1.807) is 13.1 Å². The van der Waals surface area contributed by atoms with Crippen LogP contribution in [-0.4, -0.2) is 28.0 Å². The predicted molar refractivity (Wildman–Crippen MR) is 114 cm³/mol. The zero-order chi connectivity index (χ0) is 20.7. The average Bonchev–Trinajstić information content (AvgIpc) is 3.13. The van der Waals surface area contributed by atoms with Gasteiger partial charge in [0.05, 0.1) is 19.2 Å². The van der Waals surface area contributed by atoms with Crippen LogP contribution in [0.5, 0.6) is 5.75 Å².